The van der Waals surface area contributed by atoms with Crippen molar-refractivity contribution >= 4 is 21.6 Å². The molecule has 17 heavy (non-hydrogen) atoms. The zero-order valence-electron chi connectivity index (χ0n) is 8.62. The molecule has 88 valence electrons. The van der Waals surface area contributed by atoms with Gasteiger partial charge in [0.2, 0.25) is 0 Å². The predicted octanol–water partition coefficient (Wildman–Crippen LogP) is 3.13. The molecule has 0 aliphatic rings. The summed E-state index contributed by atoms with van der Waals surface area (Å²) in [5.74, 6) is -0.549. The minimum Gasteiger partial charge on any atom is -0.375 e. The molecule has 3 nitrogen and oxygen atoms in total. The first kappa shape index (κ1) is 11.9. The third-order valence-corrected chi connectivity index (χ3v) is 2.67. The number of nitrogens with zero attached hydrogens (tertiary/aromatic N) is 2. The van der Waals surface area contributed by atoms with Gasteiger partial charge < -0.3 is 5.32 Å². The molecule has 0 bridgehead atoms. The zero-order valence-corrected chi connectivity index (χ0v) is 10.2. The van der Waals surface area contributed by atoms with E-state index in [0.29, 0.717) is 5.82 Å². The second-order valence-corrected chi connectivity index (χ2v) is 4.12. The molecule has 1 aromatic heterocycles. The molecule has 0 amide bonds. The highest BCUT2D eigenvalue weighted by atomic mass is 79.9. The highest BCUT2D eigenvalue weighted by molar-refractivity contribution is 9.10. The Bertz CT molecular complexity index is 520. The van der Waals surface area contributed by atoms with Crippen molar-refractivity contribution in [2.45, 2.75) is 6.54 Å². The smallest absolute Gasteiger partial charge is 0.147 e. The van der Waals surface area contributed by atoms with Crippen molar-refractivity contribution in [1.29, 1.82) is 0 Å². The largest absolute Gasteiger partial charge is 0.375 e. The van der Waals surface area contributed by atoms with E-state index in [4.69, 9.17) is 0 Å². The second kappa shape index (κ2) is 5.18. The summed E-state index contributed by atoms with van der Waals surface area (Å²) in [4.78, 5) is 7.93. The van der Waals surface area contributed by atoms with Gasteiger partial charge in [0.05, 0.1) is 16.7 Å². The summed E-state index contributed by atoms with van der Waals surface area (Å²) in [6.07, 6.45) is 3.17. The number of rotatable bonds is 3. The average molecular weight is 300 g/mol. The SMILES string of the molecule is Fc1cc(NCc2ncccn2)c(F)cc1Br. The molecule has 6 heteroatoms. The summed E-state index contributed by atoms with van der Waals surface area (Å²) < 4.78 is 26.7. The molecule has 0 atom stereocenters. The molecule has 1 aromatic carbocycles. The second-order valence-electron chi connectivity index (χ2n) is 3.26. The van der Waals surface area contributed by atoms with E-state index in [1.807, 2.05) is 0 Å². The Morgan fingerprint density at radius 1 is 1.12 bits per heavy atom. The monoisotopic (exact) mass is 299 g/mol. The average Bonchev–Trinajstić information content (AvgIpc) is 2.33. The van der Waals surface area contributed by atoms with Crippen LogP contribution in [0.4, 0.5) is 14.5 Å². The van der Waals surface area contributed by atoms with Crippen molar-refractivity contribution in [3.8, 4) is 0 Å². The molecule has 0 aliphatic carbocycles. The third kappa shape index (κ3) is 2.97. The first-order chi connectivity index (χ1) is 8.16. The lowest BCUT2D eigenvalue weighted by molar-refractivity contribution is 0.596. The van der Waals surface area contributed by atoms with E-state index in [1.165, 1.54) is 0 Å². The summed E-state index contributed by atoms with van der Waals surface area (Å²) in [7, 11) is 0. The van der Waals surface area contributed by atoms with Crippen LogP contribution < -0.4 is 5.32 Å². The maximum absolute atomic E-state index is 13.4. The standard InChI is InChI=1S/C11H8BrF2N3/c12-7-4-9(14)10(5-8(7)13)17-6-11-15-2-1-3-16-11/h1-5,17H,6H2. The predicted molar refractivity (Wildman–Crippen MR) is 63.4 cm³/mol. The fourth-order valence-electron chi connectivity index (χ4n) is 1.25. The van der Waals surface area contributed by atoms with Gasteiger partial charge >= 0.3 is 0 Å². The van der Waals surface area contributed by atoms with Crippen molar-refractivity contribution in [3.05, 3.63) is 52.5 Å². The first-order valence-corrected chi connectivity index (χ1v) is 5.60. The molecule has 2 rings (SSSR count). The summed E-state index contributed by atoms with van der Waals surface area (Å²) >= 11 is 2.91. The maximum Gasteiger partial charge on any atom is 0.147 e. The van der Waals surface area contributed by atoms with Crippen LogP contribution in [0.1, 0.15) is 5.82 Å². The fourth-order valence-corrected chi connectivity index (χ4v) is 1.57. The zero-order chi connectivity index (χ0) is 12.3. The molecule has 1 N–H and O–H groups in total. The van der Waals surface area contributed by atoms with Gasteiger partial charge in [-0.15, -0.1) is 0 Å². The lowest BCUT2D eigenvalue weighted by Gasteiger charge is -2.07. The van der Waals surface area contributed by atoms with Gasteiger partial charge in [-0.05, 0) is 28.1 Å². The molecule has 0 aliphatic heterocycles. The molecule has 0 fully saturated rings. The molecule has 2 aromatic rings. The molecular weight excluding hydrogens is 292 g/mol. The van der Waals surface area contributed by atoms with Crippen molar-refractivity contribution in [2.75, 3.05) is 5.32 Å². The van der Waals surface area contributed by atoms with E-state index in [1.54, 1.807) is 18.5 Å². The van der Waals surface area contributed by atoms with Gasteiger partial charge in [-0.1, -0.05) is 0 Å². The Kier molecular flexibility index (Phi) is 3.63. The minimum absolute atomic E-state index is 0.0816. The van der Waals surface area contributed by atoms with Crippen LogP contribution in [0.25, 0.3) is 0 Å². The summed E-state index contributed by atoms with van der Waals surface area (Å²) in [6, 6.07) is 3.84. The van der Waals surface area contributed by atoms with Crippen LogP contribution in [0.15, 0.2) is 35.1 Å². The topological polar surface area (TPSA) is 37.8 Å². The van der Waals surface area contributed by atoms with Crippen LogP contribution in [0.5, 0.6) is 0 Å². The van der Waals surface area contributed by atoms with E-state index >= 15 is 0 Å². The van der Waals surface area contributed by atoms with Gasteiger partial charge in [0.25, 0.3) is 0 Å². The van der Waals surface area contributed by atoms with Crippen LogP contribution in [0, 0.1) is 11.6 Å². The van der Waals surface area contributed by atoms with Gasteiger partial charge in [0.1, 0.15) is 17.5 Å². The van der Waals surface area contributed by atoms with Crippen LogP contribution in [-0.4, -0.2) is 9.97 Å². The molecule has 1 heterocycles. The molecular formula is C11H8BrF2N3. The van der Waals surface area contributed by atoms with E-state index < -0.39 is 11.6 Å². The van der Waals surface area contributed by atoms with E-state index in [-0.39, 0.29) is 16.7 Å². The summed E-state index contributed by atoms with van der Waals surface area (Å²) in [5.41, 5.74) is 0.0816. The van der Waals surface area contributed by atoms with E-state index in [9.17, 15) is 8.78 Å². The van der Waals surface area contributed by atoms with Crippen molar-refractivity contribution in [2.24, 2.45) is 0 Å². The quantitative estimate of drug-likeness (QED) is 0.885. The number of anilines is 1. The van der Waals surface area contributed by atoms with Crippen LogP contribution >= 0.6 is 15.9 Å². The summed E-state index contributed by atoms with van der Waals surface area (Å²) in [5, 5.41) is 2.74. The Morgan fingerprint density at radius 3 is 2.53 bits per heavy atom. The van der Waals surface area contributed by atoms with Crippen molar-refractivity contribution in [3.63, 3.8) is 0 Å². The first-order valence-electron chi connectivity index (χ1n) is 4.81. The minimum atomic E-state index is -0.533. The van der Waals surface area contributed by atoms with Gasteiger partial charge in [-0.2, -0.15) is 0 Å². The van der Waals surface area contributed by atoms with E-state index in [0.717, 1.165) is 12.1 Å². The Hall–Kier alpha value is -1.56. The van der Waals surface area contributed by atoms with Crippen LogP contribution in [0.3, 0.4) is 0 Å². The Balaban J connectivity index is 2.12. The fraction of sp³-hybridized carbons (Fsp3) is 0.0909. The third-order valence-electron chi connectivity index (χ3n) is 2.07. The number of hydrogen-bond acceptors (Lipinski definition) is 3. The van der Waals surface area contributed by atoms with Gasteiger partial charge in [-0.25, -0.2) is 18.7 Å². The number of hydrogen-bond donors (Lipinski definition) is 1. The Morgan fingerprint density at radius 2 is 1.82 bits per heavy atom. The maximum atomic E-state index is 13.4. The number of aromatic nitrogens is 2. The number of nitrogens with one attached hydrogen (secondary N) is 1. The Labute approximate surface area is 105 Å². The number of benzene rings is 1. The molecule has 0 radical (unpaired) electrons. The van der Waals surface area contributed by atoms with Gasteiger partial charge in [0, 0.05) is 18.5 Å². The lowest BCUT2D eigenvalue weighted by Crippen LogP contribution is -2.05. The normalized spacial score (nSPS) is 10.3. The van der Waals surface area contributed by atoms with E-state index in [2.05, 4.69) is 31.2 Å². The van der Waals surface area contributed by atoms with Crippen molar-refractivity contribution < 1.29 is 8.78 Å². The van der Waals surface area contributed by atoms with Crippen LogP contribution in [-0.2, 0) is 6.54 Å². The molecule has 0 unspecified atom stereocenters. The number of halogens is 3. The van der Waals surface area contributed by atoms with Crippen LogP contribution in [0.2, 0.25) is 0 Å². The highest BCUT2D eigenvalue weighted by Crippen LogP contribution is 2.23. The molecule has 0 saturated heterocycles. The molecule has 0 saturated carbocycles. The van der Waals surface area contributed by atoms with Gasteiger partial charge in [0.15, 0.2) is 0 Å². The lowest BCUT2D eigenvalue weighted by atomic mass is 10.3. The highest BCUT2D eigenvalue weighted by Gasteiger charge is 2.08. The van der Waals surface area contributed by atoms with Crippen molar-refractivity contribution in [1.82, 2.24) is 9.97 Å². The van der Waals surface area contributed by atoms with Gasteiger partial charge in [-0.3, -0.25) is 0 Å². The molecule has 0 spiro atoms. The summed E-state index contributed by atoms with van der Waals surface area (Å²) in [6.45, 7) is 0.235.